The third-order valence-corrected chi connectivity index (χ3v) is 3.06. The topological polar surface area (TPSA) is 32.3 Å². The average molecular weight is 196 g/mol. The standard InChI is InChI=1S/C11H20N2O/c1-11(2,3)5-10(14)13-7-8-4-9(13)6-12-8/h8-9,12H,4-7H2,1-3H3/t8-,9+/m0/s1. The summed E-state index contributed by atoms with van der Waals surface area (Å²) in [6.45, 7) is 8.30. The Morgan fingerprint density at radius 2 is 2.21 bits per heavy atom. The van der Waals surface area contributed by atoms with Gasteiger partial charge in [-0.1, -0.05) is 20.8 Å². The molecule has 80 valence electrons. The smallest absolute Gasteiger partial charge is 0.223 e. The molecule has 2 aliphatic rings. The van der Waals surface area contributed by atoms with Crippen molar-refractivity contribution in [2.45, 2.75) is 45.7 Å². The van der Waals surface area contributed by atoms with E-state index in [-0.39, 0.29) is 5.41 Å². The number of amides is 1. The number of fused-ring (bicyclic) bond motifs is 2. The molecule has 2 rings (SSSR count). The summed E-state index contributed by atoms with van der Waals surface area (Å²) in [4.78, 5) is 14.0. The lowest BCUT2D eigenvalue weighted by molar-refractivity contribution is -0.134. The summed E-state index contributed by atoms with van der Waals surface area (Å²) < 4.78 is 0. The minimum Gasteiger partial charge on any atom is -0.337 e. The van der Waals surface area contributed by atoms with E-state index in [1.54, 1.807) is 0 Å². The fourth-order valence-electron chi connectivity index (χ4n) is 2.42. The molecule has 3 nitrogen and oxygen atoms in total. The summed E-state index contributed by atoms with van der Waals surface area (Å²) >= 11 is 0. The Morgan fingerprint density at radius 1 is 1.50 bits per heavy atom. The van der Waals surface area contributed by atoms with Crippen molar-refractivity contribution in [3.8, 4) is 0 Å². The third-order valence-electron chi connectivity index (χ3n) is 3.06. The van der Waals surface area contributed by atoms with Gasteiger partial charge in [0.15, 0.2) is 0 Å². The number of carbonyl (C=O) groups is 1. The first-order valence-corrected chi connectivity index (χ1v) is 5.48. The number of hydrogen-bond acceptors (Lipinski definition) is 2. The van der Waals surface area contributed by atoms with E-state index in [2.05, 4.69) is 31.0 Å². The van der Waals surface area contributed by atoms with Crippen molar-refractivity contribution in [1.82, 2.24) is 10.2 Å². The van der Waals surface area contributed by atoms with E-state index in [1.165, 1.54) is 0 Å². The van der Waals surface area contributed by atoms with E-state index in [0.29, 0.717) is 24.4 Å². The molecule has 0 radical (unpaired) electrons. The average Bonchev–Trinajstić information content (AvgIpc) is 2.59. The van der Waals surface area contributed by atoms with Crippen molar-refractivity contribution in [2.75, 3.05) is 13.1 Å². The summed E-state index contributed by atoms with van der Waals surface area (Å²) in [6.07, 6.45) is 1.84. The van der Waals surface area contributed by atoms with Gasteiger partial charge in [0.1, 0.15) is 0 Å². The molecule has 0 aromatic rings. The van der Waals surface area contributed by atoms with Gasteiger partial charge >= 0.3 is 0 Å². The van der Waals surface area contributed by atoms with Crippen LogP contribution in [0.1, 0.15) is 33.6 Å². The number of rotatable bonds is 1. The zero-order valence-corrected chi connectivity index (χ0v) is 9.34. The van der Waals surface area contributed by atoms with Crippen molar-refractivity contribution < 1.29 is 4.79 Å². The quantitative estimate of drug-likeness (QED) is 0.678. The number of nitrogens with zero attached hydrogens (tertiary/aromatic N) is 1. The highest BCUT2D eigenvalue weighted by Gasteiger charge is 2.40. The van der Waals surface area contributed by atoms with Gasteiger partial charge in [-0.25, -0.2) is 0 Å². The number of likely N-dealkylation sites (tertiary alicyclic amines) is 1. The SMILES string of the molecule is CC(C)(C)CC(=O)N1C[C@@H]2C[C@@H]1CN2. The molecule has 2 saturated heterocycles. The Balaban J connectivity index is 1.93. The van der Waals surface area contributed by atoms with Gasteiger partial charge in [-0.3, -0.25) is 4.79 Å². The molecular formula is C11H20N2O. The molecule has 2 bridgehead atoms. The van der Waals surface area contributed by atoms with Crippen molar-refractivity contribution in [3.05, 3.63) is 0 Å². The van der Waals surface area contributed by atoms with Crippen LogP contribution in [0.15, 0.2) is 0 Å². The molecule has 3 heteroatoms. The van der Waals surface area contributed by atoms with Crippen LogP contribution in [0.4, 0.5) is 0 Å². The zero-order chi connectivity index (χ0) is 10.3. The maximum atomic E-state index is 11.9. The van der Waals surface area contributed by atoms with Crippen LogP contribution >= 0.6 is 0 Å². The van der Waals surface area contributed by atoms with E-state index in [1.807, 2.05) is 0 Å². The Kier molecular flexibility index (Phi) is 2.30. The Hall–Kier alpha value is -0.570. The molecular weight excluding hydrogens is 176 g/mol. The fourth-order valence-corrected chi connectivity index (χ4v) is 2.42. The highest BCUT2D eigenvalue weighted by atomic mass is 16.2. The van der Waals surface area contributed by atoms with E-state index < -0.39 is 0 Å². The fraction of sp³-hybridized carbons (Fsp3) is 0.909. The van der Waals surface area contributed by atoms with Gasteiger partial charge in [0, 0.05) is 31.6 Å². The lowest BCUT2D eigenvalue weighted by atomic mass is 9.91. The van der Waals surface area contributed by atoms with Gasteiger partial charge in [-0.2, -0.15) is 0 Å². The normalized spacial score (nSPS) is 31.2. The van der Waals surface area contributed by atoms with Crippen LogP contribution in [-0.2, 0) is 4.79 Å². The molecule has 0 saturated carbocycles. The summed E-state index contributed by atoms with van der Waals surface area (Å²) in [7, 11) is 0. The van der Waals surface area contributed by atoms with Gasteiger partial charge in [-0.05, 0) is 11.8 Å². The number of piperazine rings is 1. The largest absolute Gasteiger partial charge is 0.337 e. The maximum Gasteiger partial charge on any atom is 0.223 e. The Bertz CT molecular complexity index is 244. The van der Waals surface area contributed by atoms with Crippen LogP contribution in [0.25, 0.3) is 0 Å². The molecule has 1 N–H and O–H groups in total. The van der Waals surface area contributed by atoms with Crippen LogP contribution in [-0.4, -0.2) is 36.0 Å². The first-order valence-electron chi connectivity index (χ1n) is 5.48. The molecule has 0 aromatic carbocycles. The maximum absolute atomic E-state index is 11.9. The number of carbonyl (C=O) groups excluding carboxylic acids is 1. The number of nitrogens with one attached hydrogen (secondary N) is 1. The van der Waals surface area contributed by atoms with Crippen LogP contribution in [0.2, 0.25) is 0 Å². The third kappa shape index (κ3) is 1.92. The van der Waals surface area contributed by atoms with E-state index in [4.69, 9.17) is 0 Å². The van der Waals surface area contributed by atoms with E-state index >= 15 is 0 Å². The van der Waals surface area contributed by atoms with Gasteiger partial charge in [0.25, 0.3) is 0 Å². The second kappa shape index (κ2) is 3.23. The monoisotopic (exact) mass is 196 g/mol. The van der Waals surface area contributed by atoms with E-state index in [9.17, 15) is 4.79 Å². The molecule has 1 amide bonds. The number of hydrogen-bond donors (Lipinski definition) is 1. The molecule has 14 heavy (non-hydrogen) atoms. The molecule has 2 atom stereocenters. The predicted octanol–water partition coefficient (Wildman–Crippen LogP) is 0.995. The highest BCUT2D eigenvalue weighted by Crippen LogP contribution is 2.27. The molecule has 0 aliphatic carbocycles. The molecule has 2 heterocycles. The molecule has 2 fully saturated rings. The van der Waals surface area contributed by atoms with Crippen LogP contribution in [0.5, 0.6) is 0 Å². The van der Waals surface area contributed by atoms with Crippen LogP contribution in [0, 0.1) is 5.41 Å². The summed E-state index contributed by atoms with van der Waals surface area (Å²) in [5.74, 6) is 0.339. The Morgan fingerprint density at radius 3 is 2.64 bits per heavy atom. The van der Waals surface area contributed by atoms with Crippen molar-refractivity contribution >= 4 is 5.91 Å². The van der Waals surface area contributed by atoms with Gasteiger partial charge < -0.3 is 10.2 Å². The Labute approximate surface area is 85.8 Å². The van der Waals surface area contributed by atoms with Crippen molar-refractivity contribution in [3.63, 3.8) is 0 Å². The van der Waals surface area contributed by atoms with Crippen LogP contribution in [0.3, 0.4) is 0 Å². The van der Waals surface area contributed by atoms with Crippen molar-refractivity contribution in [1.29, 1.82) is 0 Å². The highest BCUT2D eigenvalue weighted by molar-refractivity contribution is 5.77. The summed E-state index contributed by atoms with van der Waals surface area (Å²) in [5, 5.41) is 3.41. The minimum atomic E-state index is 0.117. The van der Waals surface area contributed by atoms with E-state index in [0.717, 1.165) is 19.5 Å². The van der Waals surface area contributed by atoms with Crippen molar-refractivity contribution in [2.24, 2.45) is 5.41 Å². The summed E-state index contributed by atoms with van der Waals surface area (Å²) in [5.41, 5.74) is 0.117. The van der Waals surface area contributed by atoms with Gasteiger partial charge in [0.05, 0.1) is 0 Å². The lowest BCUT2D eigenvalue weighted by Gasteiger charge is -2.30. The van der Waals surface area contributed by atoms with Gasteiger partial charge in [0.2, 0.25) is 5.91 Å². The summed E-state index contributed by atoms with van der Waals surface area (Å²) in [6, 6.07) is 1.05. The second-order valence-electron chi connectivity index (χ2n) is 5.78. The molecule has 0 aromatic heterocycles. The first-order chi connectivity index (χ1) is 6.46. The molecule has 2 aliphatic heterocycles. The van der Waals surface area contributed by atoms with Crippen LogP contribution < -0.4 is 5.32 Å². The lowest BCUT2D eigenvalue weighted by Crippen LogP contribution is -2.47. The first kappa shape index (κ1) is 9.97. The predicted molar refractivity (Wildman–Crippen MR) is 56.0 cm³/mol. The minimum absolute atomic E-state index is 0.117. The second-order valence-corrected chi connectivity index (χ2v) is 5.78. The zero-order valence-electron chi connectivity index (χ0n) is 9.34. The molecule has 0 spiro atoms. The van der Waals surface area contributed by atoms with Gasteiger partial charge in [-0.15, -0.1) is 0 Å². The molecule has 0 unspecified atom stereocenters.